The average Bonchev–Trinajstić information content (AvgIpc) is 2.09. The summed E-state index contributed by atoms with van der Waals surface area (Å²) in [5.74, 6) is 0. The van der Waals surface area contributed by atoms with Crippen molar-refractivity contribution in [3.63, 3.8) is 0 Å². The fourth-order valence-electron chi connectivity index (χ4n) is 0.656. The Hall–Kier alpha value is -1.40. The zero-order valence-corrected chi connectivity index (χ0v) is 6.99. The molecule has 0 unspecified atom stereocenters. The van der Waals surface area contributed by atoms with Gasteiger partial charge in [0.25, 0.3) is 0 Å². The quantitative estimate of drug-likeness (QED) is 0.653. The van der Waals surface area contributed by atoms with Crippen molar-refractivity contribution < 1.29 is 0 Å². The van der Waals surface area contributed by atoms with E-state index in [1.807, 2.05) is 6.07 Å². The monoisotopic (exact) mass is 179 g/mol. The fraction of sp³-hybridized carbons (Fsp3) is 0.125. The number of halogens is 1. The van der Waals surface area contributed by atoms with Crippen LogP contribution in [0.25, 0.3) is 6.08 Å². The van der Waals surface area contributed by atoms with Crippen molar-refractivity contribution in [2.75, 3.05) is 0 Å². The van der Waals surface area contributed by atoms with Crippen molar-refractivity contribution in [1.29, 1.82) is 5.26 Å². The molecule has 0 saturated heterocycles. The van der Waals surface area contributed by atoms with E-state index in [9.17, 15) is 0 Å². The Balaban J connectivity index is 2.66. The molecule has 0 aliphatic rings. The van der Waals surface area contributed by atoms with Crippen LogP contribution in [0.5, 0.6) is 0 Å². The van der Waals surface area contributed by atoms with Crippen molar-refractivity contribution in [2.45, 2.75) is 6.42 Å². The largest absolute Gasteiger partial charge is 0.226 e. The lowest BCUT2D eigenvalue weighted by atomic mass is 10.3. The highest BCUT2D eigenvalue weighted by Gasteiger charge is 1.88. The third-order valence-corrected chi connectivity index (χ3v) is 1.35. The molecule has 0 radical (unpaired) electrons. The molecule has 0 amide bonds. The van der Waals surface area contributed by atoms with Gasteiger partial charge in [0.05, 0.1) is 12.5 Å². The molecule has 0 aliphatic heterocycles. The maximum Gasteiger partial charge on any atom is 0.222 e. The molecule has 0 aliphatic carbocycles. The maximum atomic E-state index is 8.23. The van der Waals surface area contributed by atoms with E-state index in [1.54, 1.807) is 24.5 Å². The van der Waals surface area contributed by atoms with Crippen LogP contribution in [0.1, 0.15) is 12.0 Å². The molecule has 60 valence electrons. The molecule has 0 bridgehead atoms. The SMILES string of the molecule is N#CCC=Cc1cnc(Cl)nc1. The van der Waals surface area contributed by atoms with Gasteiger partial charge < -0.3 is 0 Å². The van der Waals surface area contributed by atoms with Crippen LogP contribution < -0.4 is 0 Å². The lowest BCUT2D eigenvalue weighted by Crippen LogP contribution is -1.81. The number of aromatic nitrogens is 2. The number of hydrogen-bond acceptors (Lipinski definition) is 3. The van der Waals surface area contributed by atoms with Crippen LogP contribution >= 0.6 is 11.6 Å². The molecule has 1 heterocycles. The summed E-state index contributed by atoms with van der Waals surface area (Å²) >= 11 is 5.47. The molecule has 1 aromatic heterocycles. The molecule has 1 aromatic rings. The second-order valence-corrected chi connectivity index (χ2v) is 2.39. The molecule has 12 heavy (non-hydrogen) atoms. The van der Waals surface area contributed by atoms with Crippen molar-refractivity contribution in [3.05, 3.63) is 29.3 Å². The molecular weight excluding hydrogens is 174 g/mol. The van der Waals surface area contributed by atoms with E-state index in [0.717, 1.165) is 5.56 Å². The van der Waals surface area contributed by atoms with Crippen LogP contribution in [0.3, 0.4) is 0 Å². The van der Waals surface area contributed by atoms with Crippen LogP contribution in [0, 0.1) is 11.3 Å². The minimum Gasteiger partial charge on any atom is -0.226 e. The lowest BCUT2D eigenvalue weighted by molar-refractivity contribution is 1.16. The van der Waals surface area contributed by atoms with Gasteiger partial charge in [0.2, 0.25) is 5.28 Å². The van der Waals surface area contributed by atoms with Gasteiger partial charge in [-0.25, -0.2) is 9.97 Å². The van der Waals surface area contributed by atoms with Gasteiger partial charge in [-0.05, 0) is 11.6 Å². The number of nitriles is 1. The predicted molar refractivity (Wildman–Crippen MR) is 46.3 cm³/mol. The van der Waals surface area contributed by atoms with Crippen LogP contribution in [0.2, 0.25) is 5.28 Å². The van der Waals surface area contributed by atoms with E-state index in [-0.39, 0.29) is 5.28 Å². The van der Waals surface area contributed by atoms with E-state index >= 15 is 0 Å². The lowest BCUT2D eigenvalue weighted by Gasteiger charge is -1.89. The van der Waals surface area contributed by atoms with Gasteiger partial charge in [-0.1, -0.05) is 12.2 Å². The summed E-state index contributed by atoms with van der Waals surface area (Å²) in [5.41, 5.74) is 0.842. The topological polar surface area (TPSA) is 49.6 Å². The number of nitrogens with zero attached hydrogens (tertiary/aromatic N) is 3. The van der Waals surface area contributed by atoms with Gasteiger partial charge in [-0.15, -0.1) is 0 Å². The smallest absolute Gasteiger partial charge is 0.222 e. The van der Waals surface area contributed by atoms with Crippen molar-refractivity contribution >= 4 is 17.7 Å². The summed E-state index contributed by atoms with van der Waals surface area (Å²) < 4.78 is 0. The number of rotatable bonds is 2. The minimum atomic E-state index is 0.229. The third kappa shape index (κ3) is 2.69. The zero-order chi connectivity index (χ0) is 8.81. The molecule has 0 atom stereocenters. The molecule has 0 aromatic carbocycles. The van der Waals surface area contributed by atoms with Crippen molar-refractivity contribution in [1.82, 2.24) is 9.97 Å². The Bertz CT molecular complexity index is 310. The van der Waals surface area contributed by atoms with Gasteiger partial charge in [0, 0.05) is 18.0 Å². The zero-order valence-electron chi connectivity index (χ0n) is 6.24. The first-order valence-corrected chi connectivity index (χ1v) is 3.72. The Kier molecular flexibility index (Phi) is 3.24. The van der Waals surface area contributed by atoms with Crippen LogP contribution in [-0.2, 0) is 0 Å². The minimum absolute atomic E-state index is 0.229. The molecule has 0 N–H and O–H groups in total. The van der Waals surface area contributed by atoms with Gasteiger partial charge in [0.15, 0.2) is 0 Å². The van der Waals surface area contributed by atoms with E-state index in [0.29, 0.717) is 6.42 Å². The Morgan fingerprint density at radius 3 is 2.75 bits per heavy atom. The van der Waals surface area contributed by atoms with Gasteiger partial charge in [-0.3, -0.25) is 0 Å². The van der Waals surface area contributed by atoms with E-state index in [1.165, 1.54) is 0 Å². The standard InChI is InChI=1S/C8H6ClN3/c9-8-11-5-7(6-12-8)3-1-2-4-10/h1,3,5-6H,2H2. The number of hydrogen-bond donors (Lipinski definition) is 0. The summed E-state index contributed by atoms with van der Waals surface area (Å²) in [7, 11) is 0. The molecule has 0 spiro atoms. The molecule has 0 saturated carbocycles. The highest BCUT2D eigenvalue weighted by molar-refractivity contribution is 6.28. The first-order valence-electron chi connectivity index (χ1n) is 3.34. The predicted octanol–water partition coefficient (Wildman–Crippen LogP) is 2.06. The van der Waals surface area contributed by atoms with E-state index in [2.05, 4.69) is 9.97 Å². The second-order valence-electron chi connectivity index (χ2n) is 2.05. The van der Waals surface area contributed by atoms with Crippen molar-refractivity contribution in [2.24, 2.45) is 0 Å². The fourth-order valence-corrected chi connectivity index (χ4v) is 0.754. The van der Waals surface area contributed by atoms with Crippen LogP contribution in [-0.4, -0.2) is 9.97 Å². The number of allylic oxidation sites excluding steroid dienone is 1. The highest BCUT2D eigenvalue weighted by atomic mass is 35.5. The summed E-state index contributed by atoms with van der Waals surface area (Å²) in [5, 5.41) is 8.46. The molecule has 3 nitrogen and oxygen atoms in total. The molecular formula is C8H6ClN3. The van der Waals surface area contributed by atoms with Crippen LogP contribution in [0.4, 0.5) is 0 Å². The van der Waals surface area contributed by atoms with Crippen molar-refractivity contribution in [3.8, 4) is 6.07 Å². The second kappa shape index (κ2) is 4.47. The summed E-state index contributed by atoms with van der Waals surface area (Å²) in [6.07, 6.45) is 7.11. The summed E-state index contributed by atoms with van der Waals surface area (Å²) in [4.78, 5) is 7.56. The first kappa shape index (κ1) is 8.69. The third-order valence-electron chi connectivity index (χ3n) is 1.16. The average molecular weight is 180 g/mol. The van der Waals surface area contributed by atoms with Gasteiger partial charge in [0.1, 0.15) is 0 Å². The normalized spacial score (nSPS) is 10.0. The Morgan fingerprint density at radius 2 is 2.17 bits per heavy atom. The molecule has 4 heteroatoms. The Morgan fingerprint density at radius 1 is 1.50 bits per heavy atom. The highest BCUT2D eigenvalue weighted by Crippen LogP contribution is 2.02. The van der Waals surface area contributed by atoms with Gasteiger partial charge >= 0.3 is 0 Å². The van der Waals surface area contributed by atoms with Crippen LogP contribution in [0.15, 0.2) is 18.5 Å². The summed E-state index contributed by atoms with van der Waals surface area (Å²) in [6, 6.07) is 2.00. The molecule has 0 fully saturated rings. The maximum absolute atomic E-state index is 8.23. The van der Waals surface area contributed by atoms with E-state index in [4.69, 9.17) is 16.9 Å². The summed E-state index contributed by atoms with van der Waals surface area (Å²) in [6.45, 7) is 0. The van der Waals surface area contributed by atoms with E-state index < -0.39 is 0 Å². The first-order chi connectivity index (χ1) is 5.83. The molecule has 1 rings (SSSR count). The van der Waals surface area contributed by atoms with Gasteiger partial charge in [-0.2, -0.15) is 5.26 Å². The Labute approximate surface area is 75.3 Å².